The molecule has 0 radical (unpaired) electrons. The third-order valence-corrected chi connectivity index (χ3v) is 4.14. The summed E-state index contributed by atoms with van der Waals surface area (Å²) in [6.45, 7) is 4.21. The Morgan fingerprint density at radius 2 is 1.31 bits per heavy atom. The van der Waals surface area contributed by atoms with Gasteiger partial charge in [0.2, 0.25) is 0 Å². The van der Waals surface area contributed by atoms with E-state index in [0.29, 0.717) is 0 Å². The van der Waals surface area contributed by atoms with Crippen LogP contribution in [0.4, 0.5) is 0 Å². The first kappa shape index (κ1) is 12.4. The van der Waals surface area contributed by atoms with Crippen LogP contribution in [0.3, 0.4) is 0 Å². The number of hydrogen-bond acceptors (Lipinski definition) is 0. The Kier molecular flexibility index (Phi) is 3.62. The Labute approximate surface area is 120 Å². The normalized spacial score (nSPS) is 10.8. The predicted octanol–water partition coefficient (Wildman–Crippen LogP) is 5.38. The zero-order valence-electron chi connectivity index (χ0n) is 8.89. The van der Waals surface area contributed by atoms with Crippen molar-refractivity contribution in [2.24, 2.45) is 0 Å². The van der Waals surface area contributed by atoms with Crippen LogP contribution < -0.4 is 0 Å². The van der Waals surface area contributed by atoms with E-state index in [9.17, 15) is 0 Å². The average molecular weight is 408 g/mol. The number of rotatable bonds is 1. The van der Waals surface area contributed by atoms with E-state index in [4.69, 9.17) is 0 Å². The second-order valence-corrected chi connectivity index (χ2v) is 6.29. The number of aryl methyl sites for hydroxylation is 2. The topological polar surface area (TPSA) is 4.93 Å². The fourth-order valence-corrected chi connectivity index (χ4v) is 4.38. The third kappa shape index (κ3) is 2.15. The highest BCUT2D eigenvalue weighted by molar-refractivity contribution is 9.11. The van der Waals surface area contributed by atoms with Gasteiger partial charge in [0.05, 0.1) is 5.69 Å². The van der Waals surface area contributed by atoms with Crippen molar-refractivity contribution < 1.29 is 0 Å². The summed E-state index contributed by atoms with van der Waals surface area (Å²) >= 11 is 10.7. The first-order valence-corrected chi connectivity index (χ1v) is 7.18. The van der Waals surface area contributed by atoms with Gasteiger partial charge < -0.3 is 4.57 Å². The van der Waals surface area contributed by atoms with Gasteiger partial charge in [0, 0.05) is 24.8 Å². The second kappa shape index (κ2) is 4.67. The van der Waals surface area contributed by atoms with E-state index in [1.807, 2.05) is 0 Å². The van der Waals surface area contributed by atoms with Crippen molar-refractivity contribution in [1.82, 2.24) is 4.57 Å². The van der Waals surface area contributed by atoms with Gasteiger partial charge in [0.25, 0.3) is 0 Å². The number of aromatic nitrogens is 1. The molecule has 0 unspecified atom stereocenters. The molecule has 2 rings (SSSR count). The van der Waals surface area contributed by atoms with Gasteiger partial charge >= 0.3 is 0 Å². The summed E-state index contributed by atoms with van der Waals surface area (Å²) < 4.78 is 5.41. The molecule has 2 aromatic rings. The van der Waals surface area contributed by atoms with Crippen molar-refractivity contribution >= 4 is 47.8 Å². The molecule has 0 aliphatic rings. The van der Waals surface area contributed by atoms with Crippen molar-refractivity contribution in [2.45, 2.75) is 13.8 Å². The zero-order chi connectivity index (χ0) is 11.9. The van der Waals surface area contributed by atoms with Crippen LogP contribution in [0.15, 0.2) is 37.7 Å². The van der Waals surface area contributed by atoms with E-state index in [1.54, 1.807) is 0 Å². The lowest BCUT2D eigenvalue weighted by molar-refractivity contribution is 0.954. The molecule has 1 heterocycles. The number of halogens is 3. The Hall–Kier alpha value is -0.0600. The Bertz CT molecular complexity index is 501. The molecule has 84 valence electrons. The zero-order valence-corrected chi connectivity index (χ0v) is 13.6. The Morgan fingerprint density at radius 3 is 1.75 bits per heavy atom. The van der Waals surface area contributed by atoms with Gasteiger partial charge in [0.15, 0.2) is 0 Å². The van der Waals surface area contributed by atoms with Crippen LogP contribution in [0, 0.1) is 13.8 Å². The van der Waals surface area contributed by atoms with Crippen molar-refractivity contribution in [2.75, 3.05) is 0 Å². The number of nitrogens with zero attached hydrogens (tertiary/aromatic N) is 1. The van der Waals surface area contributed by atoms with E-state index in [0.717, 1.165) is 19.1 Å². The molecule has 1 aromatic heterocycles. The van der Waals surface area contributed by atoms with Crippen molar-refractivity contribution in [3.8, 4) is 5.69 Å². The Balaban J connectivity index is 2.74. The maximum atomic E-state index is 3.61. The van der Waals surface area contributed by atoms with Crippen LogP contribution >= 0.6 is 47.8 Å². The summed E-state index contributed by atoms with van der Waals surface area (Å²) in [6.07, 6.45) is 0. The fourth-order valence-electron chi connectivity index (χ4n) is 1.77. The van der Waals surface area contributed by atoms with Gasteiger partial charge in [0.1, 0.15) is 0 Å². The molecule has 0 atom stereocenters. The van der Waals surface area contributed by atoms with Crippen LogP contribution in [0.25, 0.3) is 5.69 Å². The molecule has 1 aromatic carbocycles. The van der Waals surface area contributed by atoms with Gasteiger partial charge in [-0.1, -0.05) is 15.9 Å². The summed E-state index contributed by atoms with van der Waals surface area (Å²) in [5.41, 5.74) is 3.59. The van der Waals surface area contributed by atoms with Crippen LogP contribution in [0.5, 0.6) is 0 Å². The second-order valence-electron chi connectivity index (χ2n) is 3.67. The summed E-state index contributed by atoms with van der Waals surface area (Å²) in [7, 11) is 0. The quantitative estimate of drug-likeness (QED) is 0.598. The minimum absolute atomic E-state index is 1.05. The molecule has 4 heteroatoms. The van der Waals surface area contributed by atoms with Crippen molar-refractivity contribution in [3.05, 3.63) is 49.1 Å². The molecule has 0 spiro atoms. The lowest BCUT2D eigenvalue weighted by Crippen LogP contribution is -2.01. The van der Waals surface area contributed by atoms with E-state index in [-0.39, 0.29) is 0 Å². The maximum absolute atomic E-state index is 3.61. The van der Waals surface area contributed by atoms with E-state index >= 15 is 0 Å². The predicted molar refractivity (Wildman–Crippen MR) is 78.3 cm³/mol. The first-order chi connectivity index (χ1) is 7.50. The highest BCUT2D eigenvalue weighted by Gasteiger charge is 2.12. The minimum atomic E-state index is 1.05. The van der Waals surface area contributed by atoms with E-state index < -0.39 is 0 Å². The third-order valence-electron chi connectivity index (χ3n) is 2.48. The molecule has 0 amide bonds. The van der Waals surface area contributed by atoms with Gasteiger partial charge in [-0.15, -0.1) is 0 Å². The molecule has 0 N–H and O–H groups in total. The van der Waals surface area contributed by atoms with Crippen LogP contribution in [-0.2, 0) is 0 Å². The SMILES string of the molecule is Cc1ccc(C)n1-c1c(Br)cc(Br)cc1Br. The molecule has 0 aliphatic heterocycles. The largest absolute Gasteiger partial charge is 0.316 e. The average Bonchev–Trinajstić information content (AvgIpc) is 2.47. The van der Waals surface area contributed by atoms with Crippen molar-refractivity contribution in [1.29, 1.82) is 0 Å². The fraction of sp³-hybridized carbons (Fsp3) is 0.167. The summed E-state index contributed by atoms with van der Waals surface area (Å²) in [5, 5.41) is 0. The maximum Gasteiger partial charge on any atom is 0.0741 e. The van der Waals surface area contributed by atoms with E-state index in [1.165, 1.54) is 11.4 Å². The minimum Gasteiger partial charge on any atom is -0.316 e. The molecule has 1 nitrogen and oxygen atoms in total. The monoisotopic (exact) mass is 405 g/mol. The number of hydrogen-bond donors (Lipinski definition) is 0. The van der Waals surface area contributed by atoms with Gasteiger partial charge in [-0.3, -0.25) is 0 Å². The molecule has 16 heavy (non-hydrogen) atoms. The van der Waals surface area contributed by atoms with Crippen LogP contribution in [-0.4, -0.2) is 4.57 Å². The van der Waals surface area contributed by atoms with Gasteiger partial charge in [-0.25, -0.2) is 0 Å². The van der Waals surface area contributed by atoms with E-state index in [2.05, 4.69) is 90.5 Å². The van der Waals surface area contributed by atoms with Gasteiger partial charge in [-0.2, -0.15) is 0 Å². The molecule has 0 saturated carbocycles. The summed E-state index contributed by atoms with van der Waals surface area (Å²) in [4.78, 5) is 0. The summed E-state index contributed by atoms with van der Waals surface area (Å²) in [6, 6.07) is 8.35. The molecule has 0 aliphatic carbocycles. The molecular formula is C12H10Br3N. The highest BCUT2D eigenvalue weighted by atomic mass is 79.9. The highest BCUT2D eigenvalue weighted by Crippen LogP contribution is 2.34. The molecule has 0 fully saturated rings. The van der Waals surface area contributed by atoms with Crippen LogP contribution in [0.1, 0.15) is 11.4 Å². The van der Waals surface area contributed by atoms with Crippen molar-refractivity contribution in [3.63, 3.8) is 0 Å². The Morgan fingerprint density at radius 1 is 0.875 bits per heavy atom. The summed E-state index contributed by atoms with van der Waals surface area (Å²) in [5.74, 6) is 0. The van der Waals surface area contributed by atoms with Gasteiger partial charge in [-0.05, 0) is 70.0 Å². The number of benzene rings is 1. The first-order valence-electron chi connectivity index (χ1n) is 4.80. The smallest absolute Gasteiger partial charge is 0.0741 e. The lowest BCUT2D eigenvalue weighted by Gasteiger charge is -2.14. The molecule has 0 saturated heterocycles. The standard InChI is InChI=1S/C12H10Br3N/c1-7-3-4-8(2)16(7)12-10(14)5-9(13)6-11(12)15/h3-6H,1-2H3. The lowest BCUT2D eigenvalue weighted by atomic mass is 10.3. The van der Waals surface area contributed by atoms with Crippen LogP contribution in [0.2, 0.25) is 0 Å². The molecular weight excluding hydrogens is 398 g/mol. The molecule has 0 bridgehead atoms.